The number of aromatic nitrogens is 4. The Morgan fingerprint density at radius 1 is 0.424 bits per heavy atom. The van der Waals surface area contributed by atoms with Crippen molar-refractivity contribution in [2.45, 2.75) is 19.3 Å². The van der Waals surface area contributed by atoms with Crippen LogP contribution in [0.25, 0.3) is 77.3 Å². The zero-order valence-electron chi connectivity index (χ0n) is 32.7. The molecule has 0 bridgehead atoms. The molecule has 59 heavy (non-hydrogen) atoms. The summed E-state index contributed by atoms with van der Waals surface area (Å²) in [5, 5.41) is 4.25. The molecule has 11 rings (SSSR count). The van der Waals surface area contributed by atoms with Crippen molar-refractivity contribution in [2.75, 3.05) is 13.2 Å². The van der Waals surface area contributed by atoms with Crippen molar-refractivity contribution in [1.82, 2.24) is 19.9 Å². The summed E-state index contributed by atoms with van der Waals surface area (Å²) in [5.41, 5.74) is 13.4. The molecule has 0 amide bonds. The molecule has 0 fully saturated rings. The highest BCUT2D eigenvalue weighted by atomic mass is 16.5. The average molecular weight is 763 g/mol. The Morgan fingerprint density at radius 3 is 1.32 bits per heavy atom. The lowest BCUT2D eigenvalue weighted by molar-refractivity contribution is 0.339. The van der Waals surface area contributed by atoms with E-state index in [1.165, 1.54) is 0 Å². The number of ether oxygens (including phenoxy) is 2. The lowest BCUT2D eigenvalue weighted by Gasteiger charge is -2.35. The number of nitrogens with zero attached hydrogens (tertiary/aromatic N) is 4. The van der Waals surface area contributed by atoms with Crippen molar-refractivity contribution in [3.63, 3.8) is 0 Å². The van der Waals surface area contributed by atoms with E-state index in [1.54, 1.807) is 0 Å². The Bertz CT molecular complexity index is 3060. The van der Waals surface area contributed by atoms with Gasteiger partial charge >= 0.3 is 0 Å². The fourth-order valence-corrected chi connectivity index (χ4v) is 9.18. The van der Waals surface area contributed by atoms with Gasteiger partial charge in [0, 0.05) is 45.1 Å². The molecule has 1 aliphatic rings. The van der Waals surface area contributed by atoms with Gasteiger partial charge in [0.2, 0.25) is 0 Å². The summed E-state index contributed by atoms with van der Waals surface area (Å²) in [5.74, 6) is 1.65. The average Bonchev–Trinajstić information content (AvgIpc) is 3.58. The van der Waals surface area contributed by atoms with Crippen molar-refractivity contribution in [3.8, 4) is 45.1 Å². The molecule has 10 aromatic rings. The van der Waals surface area contributed by atoms with E-state index in [9.17, 15) is 0 Å². The van der Waals surface area contributed by atoms with E-state index in [0.29, 0.717) is 13.2 Å². The van der Waals surface area contributed by atoms with Crippen LogP contribution in [0.4, 0.5) is 0 Å². The maximum atomic E-state index is 6.24. The molecule has 1 aliphatic carbocycles. The van der Waals surface area contributed by atoms with Crippen molar-refractivity contribution in [1.29, 1.82) is 0 Å². The minimum Gasteiger partial charge on any atom is -0.494 e. The number of rotatable bonds is 8. The molecule has 0 radical (unpaired) electrons. The second-order valence-corrected chi connectivity index (χ2v) is 15.0. The highest BCUT2D eigenvalue weighted by Gasteiger charge is 2.47. The smallest absolute Gasteiger partial charge is 0.119 e. The van der Waals surface area contributed by atoms with Gasteiger partial charge in [-0.2, -0.15) is 0 Å². The minimum atomic E-state index is -0.771. The molecule has 6 aromatic carbocycles. The molecule has 282 valence electrons. The third kappa shape index (κ3) is 5.55. The highest BCUT2D eigenvalue weighted by Crippen LogP contribution is 2.58. The lowest BCUT2D eigenvalue weighted by atomic mass is 9.67. The normalized spacial score (nSPS) is 12.8. The van der Waals surface area contributed by atoms with E-state index in [2.05, 4.69) is 146 Å². The van der Waals surface area contributed by atoms with Crippen LogP contribution in [0.2, 0.25) is 0 Å². The summed E-state index contributed by atoms with van der Waals surface area (Å²) < 4.78 is 12.5. The lowest BCUT2D eigenvalue weighted by Crippen LogP contribution is -2.29. The van der Waals surface area contributed by atoms with Crippen LogP contribution < -0.4 is 9.47 Å². The third-order valence-corrected chi connectivity index (χ3v) is 11.7. The van der Waals surface area contributed by atoms with Gasteiger partial charge in [0.05, 0.1) is 52.1 Å². The first-order chi connectivity index (χ1) is 29.1. The van der Waals surface area contributed by atoms with Crippen molar-refractivity contribution >= 4 is 43.6 Å². The minimum absolute atomic E-state index is 0.562. The number of hydrogen-bond donors (Lipinski definition) is 0. The van der Waals surface area contributed by atoms with E-state index < -0.39 is 5.41 Å². The van der Waals surface area contributed by atoms with E-state index in [4.69, 9.17) is 29.4 Å². The van der Waals surface area contributed by atoms with E-state index in [0.717, 1.165) is 111 Å². The summed E-state index contributed by atoms with van der Waals surface area (Å²) in [6, 6.07) is 55.9. The number of fused-ring (bicyclic) bond motifs is 9. The fourth-order valence-electron chi connectivity index (χ4n) is 9.18. The molecule has 6 nitrogen and oxygen atoms in total. The van der Waals surface area contributed by atoms with Gasteiger partial charge < -0.3 is 9.47 Å². The van der Waals surface area contributed by atoms with Crippen molar-refractivity contribution < 1.29 is 9.47 Å². The number of hydrogen-bond acceptors (Lipinski definition) is 6. The predicted molar refractivity (Wildman–Crippen MR) is 238 cm³/mol. The topological polar surface area (TPSA) is 70.0 Å². The summed E-state index contributed by atoms with van der Waals surface area (Å²) in [4.78, 5) is 20.1. The summed E-state index contributed by atoms with van der Waals surface area (Å²) in [6.07, 6.45) is 3.67. The van der Waals surface area contributed by atoms with Crippen LogP contribution in [0.15, 0.2) is 170 Å². The van der Waals surface area contributed by atoms with Gasteiger partial charge in [-0.1, -0.05) is 97.1 Å². The third-order valence-electron chi connectivity index (χ3n) is 11.7. The zero-order valence-corrected chi connectivity index (χ0v) is 32.7. The Morgan fingerprint density at radius 2 is 0.864 bits per heavy atom. The molecular formula is C53H38N4O2. The van der Waals surface area contributed by atoms with Crippen molar-refractivity contribution in [3.05, 3.63) is 192 Å². The first-order valence-electron chi connectivity index (χ1n) is 20.2. The Kier molecular flexibility index (Phi) is 8.19. The summed E-state index contributed by atoms with van der Waals surface area (Å²) >= 11 is 0. The Balaban J connectivity index is 1.18. The summed E-state index contributed by atoms with van der Waals surface area (Å²) in [6.45, 7) is 5.18. The number of pyridine rings is 4. The predicted octanol–water partition coefficient (Wildman–Crippen LogP) is 12.4. The molecule has 4 aromatic heterocycles. The van der Waals surface area contributed by atoms with Gasteiger partial charge in [-0.15, -0.1) is 0 Å². The monoisotopic (exact) mass is 762 g/mol. The molecule has 4 heterocycles. The van der Waals surface area contributed by atoms with Gasteiger partial charge in [0.15, 0.2) is 0 Å². The maximum absolute atomic E-state index is 6.24. The first kappa shape index (κ1) is 34.8. The van der Waals surface area contributed by atoms with Crippen LogP contribution in [0.3, 0.4) is 0 Å². The van der Waals surface area contributed by atoms with Crippen LogP contribution in [0.5, 0.6) is 11.5 Å². The Labute approximate surface area is 341 Å². The maximum Gasteiger partial charge on any atom is 0.119 e. The van der Waals surface area contributed by atoms with Gasteiger partial charge in [-0.3, -0.25) is 9.97 Å². The Hall–Kier alpha value is -7.44. The van der Waals surface area contributed by atoms with E-state index in [-0.39, 0.29) is 0 Å². The SMILES string of the molecule is CCOc1ccc2c(c1)C(c1cccc(-c3ccc4ccc5cccnc5c4n3)c1)(c1cccc(-c3ccc4ccc5cccnc5c4n3)c1)c1cc(OCC)ccc1-2. The largest absolute Gasteiger partial charge is 0.494 e. The van der Waals surface area contributed by atoms with Crippen LogP contribution in [-0.2, 0) is 5.41 Å². The highest BCUT2D eigenvalue weighted by molar-refractivity contribution is 6.04. The van der Waals surface area contributed by atoms with Crippen LogP contribution in [-0.4, -0.2) is 33.1 Å². The molecule has 0 aliphatic heterocycles. The van der Waals surface area contributed by atoms with Gasteiger partial charge in [-0.05, 0) is 108 Å². The van der Waals surface area contributed by atoms with Crippen LogP contribution >= 0.6 is 0 Å². The zero-order chi connectivity index (χ0) is 39.5. The molecule has 0 unspecified atom stereocenters. The second-order valence-electron chi connectivity index (χ2n) is 15.0. The summed E-state index contributed by atoms with van der Waals surface area (Å²) in [7, 11) is 0. The molecule has 0 atom stereocenters. The van der Waals surface area contributed by atoms with Crippen molar-refractivity contribution in [2.24, 2.45) is 0 Å². The second kappa shape index (κ2) is 13.9. The standard InChI is InChI=1S/C53H38N4O2/c1-3-58-41-21-23-43-44-24-22-42(59-4-2)32-46(44)53(45(43)31-41,39-13-5-9-37(29-39)47-25-19-35-17-15-33-11-7-27-54-49(33)51(35)56-47)40-14-6-10-38(30-40)48-26-20-36-18-16-34-12-8-28-55-50(34)52(36)57-48/h5-32H,3-4H2,1-2H3. The van der Waals surface area contributed by atoms with Gasteiger partial charge in [0.25, 0.3) is 0 Å². The molecule has 6 heteroatoms. The van der Waals surface area contributed by atoms with Crippen LogP contribution in [0.1, 0.15) is 36.1 Å². The first-order valence-corrected chi connectivity index (χ1v) is 20.2. The molecular weight excluding hydrogens is 725 g/mol. The molecule has 0 N–H and O–H groups in total. The van der Waals surface area contributed by atoms with Crippen LogP contribution in [0, 0.1) is 0 Å². The number of benzene rings is 6. The van der Waals surface area contributed by atoms with Gasteiger partial charge in [-0.25, -0.2) is 9.97 Å². The molecule has 0 saturated carbocycles. The van der Waals surface area contributed by atoms with E-state index >= 15 is 0 Å². The molecule has 0 saturated heterocycles. The molecule has 0 spiro atoms. The van der Waals surface area contributed by atoms with Gasteiger partial charge in [0.1, 0.15) is 11.5 Å². The fraction of sp³-hybridized carbons (Fsp3) is 0.0943. The quantitative estimate of drug-likeness (QED) is 0.144. The van der Waals surface area contributed by atoms with E-state index in [1.807, 2.05) is 38.4 Å².